The van der Waals surface area contributed by atoms with Crippen molar-refractivity contribution in [2.45, 2.75) is 52.4 Å². The molecule has 0 radical (unpaired) electrons. The molecule has 0 fully saturated rings. The Labute approximate surface area is 93.2 Å². The van der Waals surface area contributed by atoms with Gasteiger partial charge in [-0.15, -0.1) is 0 Å². The Morgan fingerprint density at radius 1 is 0.933 bits per heavy atom. The molecule has 2 atom stereocenters. The molecule has 2 unspecified atom stereocenters. The van der Waals surface area contributed by atoms with Crippen molar-refractivity contribution in [3.63, 3.8) is 0 Å². The van der Waals surface area contributed by atoms with Crippen LogP contribution in [0.5, 0.6) is 0 Å². The van der Waals surface area contributed by atoms with E-state index >= 15 is 0 Å². The highest BCUT2D eigenvalue weighted by atomic mass is 16.5. The van der Waals surface area contributed by atoms with E-state index in [1.165, 1.54) is 37.2 Å². The van der Waals surface area contributed by atoms with Gasteiger partial charge in [0.2, 0.25) is 0 Å². The van der Waals surface area contributed by atoms with E-state index in [2.05, 4.69) is 26.0 Å². The van der Waals surface area contributed by atoms with Gasteiger partial charge in [-0.2, -0.15) is 0 Å². The molecular formula is C14H22O. The van der Waals surface area contributed by atoms with E-state index in [1.807, 2.05) is 0 Å². The lowest BCUT2D eigenvalue weighted by Crippen LogP contribution is -2.07. The van der Waals surface area contributed by atoms with Crippen LogP contribution in [0.3, 0.4) is 0 Å². The third-order valence-corrected chi connectivity index (χ3v) is 3.53. The van der Waals surface area contributed by atoms with Crippen LogP contribution in [0.1, 0.15) is 52.4 Å². The minimum absolute atomic E-state index is 0.845. The highest BCUT2D eigenvalue weighted by molar-refractivity contribution is 5.07. The van der Waals surface area contributed by atoms with Crippen molar-refractivity contribution in [1.82, 2.24) is 0 Å². The summed E-state index contributed by atoms with van der Waals surface area (Å²) in [5.41, 5.74) is 0. The first-order valence-corrected chi connectivity index (χ1v) is 6.30. The Balaban J connectivity index is 1.87. The Morgan fingerprint density at radius 3 is 1.73 bits per heavy atom. The minimum atomic E-state index is 0.845. The third-order valence-electron chi connectivity index (χ3n) is 3.53. The Kier molecular flexibility index (Phi) is 3.50. The molecule has 0 aliphatic heterocycles. The van der Waals surface area contributed by atoms with E-state index in [0.717, 1.165) is 24.7 Å². The second kappa shape index (κ2) is 4.87. The normalized spacial score (nSPS) is 31.9. The molecule has 0 aromatic heterocycles. The molecule has 0 N–H and O–H groups in total. The van der Waals surface area contributed by atoms with E-state index in [1.54, 1.807) is 0 Å². The summed E-state index contributed by atoms with van der Waals surface area (Å²) in [7, 11) is 0. The van der Waals surface area contributed by atoms with Crippen molar-refractivity contribution in [2.24, 2.45) is 11.8 Å². The van der Waals surface area contributed by atoms with Crippen LogP contribution in [0.25, 0.3) is 0 Å². The molecule has 0 bridgehead atoms. The van der Waals surface area contributed by atoms with Gasteiger partial charge in [0.25, 0.3) is 0 Å². The SMILES string of the molecule is CC1CC=C(OC2=CCC(C)CC2)CC1. The Morgan fingerprint density at radius 2 is 1.40 bits per heavy atom. The van der Waals surface area contributed by atoms with Crippen LogP contribution >= 0.6 is 0 Å². The zero-order chi connectivity index (χ0) is 10.7. The standard InChI is InChI=1S/C14H22O/c1-11-3-7-13(8-4-11)15-14-9-5-12(2)6-10-14/h7,9,11-12H,3-6,8,10H2,1-2H3. The molecule has 1 heteroatoms. The maximum absolute atomic E-state index is 5.95. The number of ether oxygens (including phenoxy) is 1. The van der Waals surface area contributed by atoms with E-state index in [9.17, 15) is 0 Å². The average Bonchev–Trinajstić information content (AvgIpc) is 2.25. The summed E-state index contributed by atoms with van der Waals surface area (Å²) >= 11 is 0. The molecule has 0 aromatic rings. The van der Waals surface area contributed by atoms with Crippen LogP contribution in [0.4, 0.5) is 0 Å². The van der Waals surface area contributed by atoms with Gasteiger partial charge in [0.15, 0.2) is 0 Å². The van der Waals surface area contributed by atoms with Gasteiger partial charge < -0.3 is 4.74 Å². The van der Waals surface area contributed by atoms with E-state index < -0.39 is 0 Å². The maximum Gasteiger partial charge on any atom is 0.0996 e. The number of rotatable bonds is 2. The molecule has 0 aromatic carbocycles. The lowest BCUT2D eigenvalue weighted by molar-refractivity contribution is 0.241. The number of hydrogen-bond donors (Lipinski definition) is 0. The van der Waals surface area contributed by atoms with Crippen LogP contribution in [-0.4, -0.2) is 0 Å². The summed E-state index contributed by atoms with van der Waals surface area (Å²) in [5, 5.41) is 0. The van der Waals surface area contributed by atoms with Gasteiger partial charge >= 0.3 is 0 Å². The van der Waals surface area contributed by atoms with Crippen molar-refractivity contribution in [3.05, 3.63) is 23.7 Å². The molecule has 1 nitrogen and oxygen atoms in total. The first-order chi connectivity index (χ1) is 7.24. The Hall–Kier alpha value is -0.720. The van der Waals surface area contributed by atoms with Crippen LogP contribution < -0.4 is 0 Å². The topological polar surface area (TPSA) is 9.23 Å². The zero-order valence-electron chi connectivity index (χ0n) is 9.96. The fourth-order valence-corrected chi connectivity index (χ4v) is 2.24. The molecule has 15 heavy (non-hydrogen) atoms. The monoisotopic (exact) mass is 206 g/mol. The summed E-state index contributed by atoms with van der Waals surface area (Å²) in [6.07, 6.45) is 11.8. The summed E-state index contributed by atoms with van der Waals surface area (Å²) in [6.45, 7) is 4.63. The van der Waals surface area contributed by atoms with Gasteiger partial charge in [0.1, 0.15) is 0 Å². The summed E-state index contributed by atoms with van der Waals surface area (Å²) in [6, 6.07) is 0. The molecule has 0 heterocycles. The van der Waals surface area contributed by atoms with Gasteiger partial charge in [-0.05, 0) is 49.7 Å². The summed E-state index contributed by atoms with van der Waals surface area (Å²) in [5.74, 6) is 4.12. The first-order valence-electron chi connectivity index (χ1n) is 6.30. The van der Waals surface area contributed by atoms with Gasteiger partial charge in [-0.1, -0.05) is 13.8 Å². The van der Waals surface area contributed by atoms with Crippen molar-refractivity contribution >= 4 is 0 Å². The maximum atomic E-state index is 5.95. The summed E-state index contributed by atoms with van der Waals surface area (Å²) < 4.78 is 5.95. The van der Waals surface area contributed by atoms with Gasteiger partial charge in [0.05, 0.1) is 11.5 Å². The molecule has 0 spiro atoms. The van der Waals surface area contributed by atoms with Gasteiger partial charge in [0, 0.05) is 12.8 Å². The van der Waals surface area contributed by atoms with Crippen molar-refractivity contribution in [1.29, 1.82) is 0 Å². The minimum Gasteiger partial charge on any atom is -0.467 e. The average molecular weight is 206 g/mol. The van der Waals surface area contributed by atoms with Crippen molar-refractivity contribution in [2.75, 3.05) is 0 Å². The van der Waals surface area contributed by atoms with Gasteiger partial charge in [-0.25, -0.2) is 0 Å². The second-order valence-corrected chi connectivity index (χ2v) is 5.20. The molecule has 84 valence electrons. The molecular weight excluding hydrogens is 184 g/mol. The van der Waals surface area contributed by atoms with Crippen LogP contribution in [0.2, 0.25) is 0 Å². The largest absolute Gasteiger partial charge is 0.467 e. The van der Waals surface area contributed by atoms with Crippen LogP contribution in [0.15, 0.2) is 23.7 Å². The fourth-order valence-electron chi connectivity index (χ4n) is 2.24. The highest BCUT2D eigenvalue weighted by Gasteiger charge is 2.15. The van der Waals surface area contributed by atoms with E-state index in [-0.39, 0.29) is 0 Å². The molecule has 2 aliphatic carbocycles. The van der Waals surface area contributed by atoms with Gasteiger partial charge in [-0.3, -0.25) is 0 Å². The fraction of sp³-hybridized carbons (Fsp3) is 0.714. The highest BCUT2D eigenvalue weighted by Crippen LogP contribution is 2.29. The van der Waals surface area contributed by atoms with E-state index in [4.69, 9.17) is 4.74 Å². The lowest BCUT2D eigenvalue weighted by Gasteiger charge is -2.23. The zero-order valence-corrected chi connectivity index (χ0v) is 9.96. The van der Waals surface area contributed by atoms with Crippen LogP contribution in [0, 0.1) is 11.8 Å². The lowest BCUT2D eigenvalue weighted by atomic mass is 9.94. The first kappa shape index (κ1) is 10.8. The molecule has 0 amide bonds. The second-order valence-electron chi connectivity index (χ2n) is 5.20. The smallest absolute Gasteiger partial charge is 0.0996 e. The molecule has 0 saturated heterocycles. The van der Waals surface area contributed by atoms with Crippen LogP contribution in [-0.2, 0) is 4.74 Å². The molecule has 2 aliphatic rings. The number of hydrogen-bond acceptors (Lipinski definition) is 1. The molecule has 0 saturated carbocycles. The van der Waals surface area contributed by atoms with E-state index in [0.29, 0.717) is 0 Å². The Bertz CT molecular complexity index is 247. The quantitative estimate of drug-likeness (QED) is 0.650. The van der Waals surface area contributed by atoms with Crippen molar-refractivity contribution < 1.29 is 4.74 Å². The predicted molar refractivity (Wildman–Crippen MR) is 63.3 cm³/mol. The third kappa shape index (κ3) is 3.12. The van der Waals surface area contributed by atoms with Crippen molar-refractivity contribution in [3.8, 4) is 0 Å². The number of allylic oxidation sites excluding steroid dienone is 4. The predicted octanol–water partition coefficient (Wildman–Crippen LogP) is 4.41. The molecule has 2 rings (SSSR count). The summed E-state index contributed by atoms with van der Waals surface area (Å²) in [4.78, 5) is 0.